The van der Waals surface area contributed by atoms with Gasteiger partial charge in [-0.05, 0) is 29.6 Å². The Morgan fingerprint density at radius 1 is 1.19 bits per heavy atom. The lowest BCUT2D eigenvalue weighted by Crippen LogP contribution is -2.08. The molecular formula is C15H14N4OS. The van der Waals surface area contributed by atoms with E-state index in [1.165, 1.54) is 6.92 Å². The molecule has 0 aliphatic heterocycles. The predicted molar refractivity (Wildman–Crippen MR) is 85.5 cm³/mol. The van der Waals surface area contributed by atoms with Gasteiger partial charge in [-0.15, -0.1) is 11.3 Å². The van der Waals surface area contributed by atoms with Crippen molar-refractivity contribution in [2.75, 3.05) is 10.6 Å². The largest absolute Gasteiger partial charge is 0.380 e. The van der Waals surface area contributed by atoms with Crippen LogP contribution in [0.3, 0.4) is 0 Å². The molecule has 0 radical (unpaired) electrons. The summed E-state index contributed by atoms with van der Waals surface area (Å²) in [5, 5.41) is 8.14. The van der Waals surface area contributed by atoms with Crippen LogP contribution in [-0.4, -0.2) is 15.9 Å². The van der Waals surface area contributed by atoms with Crippen molar-refractivity contribution in [2.24, 2.45) is 0 Å². The van der Waals surface area contributed by atoms with Crippen LogP contribution in [0.2, 0.25) is 0 Å². The Kier molecular flexibility index (Phi) is 3.79. The average molecular weight is 298 g/mol. The van der Waals surface area contributed by atoms with Crippen LogP contribution in [0.1, 0.15) is 11.8 Å². The second kappa shape index (κ2) is 5.88. The van der Waals surface area contributed by atoms with Crippen molar-refractivity contribution in [1.29, 1.82) is 0 Å². The van der Waals surface area contributed by atoms with Crippen molar-refractivity contribution in [3.63, 3.8) is 0 Å². The van der Waals surface area contributed by atoms with Gasteiger partial charge in [-0.1, -0.05) is 0 Å². The Bertz CT molecular complexity index is 784. The molecule has 0 aliphatic carbocycles. The highest BCUT2D eigenvalue weighted by atomic mass is 32.1. The summed E-state index contributed by atoms with van der Waals surface area (Å²) < 4.78 is 0. The topological polar surface area (TPSA) is 66.9 Å². The maximum atomic E-state index is 11.1. The number of hydrogen-bond donors (Lipinski definition) is 2. The number of hydrogen-bond acceptors (Lipinski definition) is 5. The molecule has 0 aliphatic rings. The fraction of sp³-hybridized carbons (Fsp3) is 0.133. The van der Waals surface area contributed by atoms with Crippen LogP contribution in [0.5, 0.6) is 0 Å². The second-order valence-corrected chi connectivity index (χ2v) is 5.55. The summed E-state index contributed by atoms with van der Waals surface area (Å²) in [7, 11) is 0. The van der Waals surface area contributed by atoms with E-state index in [2.05, 4.69) is 20.6 Å². The number of rotatable bonds is 4. The number of anilines is 2. The van der Waals surface area contributed by atoms with Crippen LogP contribution < -0.4 is 10.6 Å². The zero-order chi connectivity index (χ0) is 14.7. The molecule has 106 valence electrons. The van der Waals surface area contributed by atoms with E-state index >= 15 is 0 Å². The molecule has 5 nitrogen and oxygen atoms in total. The number of nitrogens with one attached hydrogen (secondary N) is 2. The van der Waals surface area contributed by atoms with E-state index in [4.69, 9.17) is 0 Å². The van der Waals surface area contributed by atoms with Crippen LogP contribution in [-0.2, 0) is 11.3 Å². The Balaban J connectivity index is 1.74. The SMILES string of the molecule is CC(=O)Nc1ccsc1CNc1ccc2nccnc2c1. The molecule has 0 atom stereocenters. The van der Waals surface area contributed by atoms with Gasteiger partial charge in [0.2, 0.25) is 5.91 Å². The third-order valence-electron chi connectivity index (χ3n) is 2.98. The number of carbonyl (C=O) groups is 1. The molecule has 2 N–H and O–H groups in total. The molecule has 21 heavy (non-hydrogen) atoms. The van der Waals surface area contributed by atoms with Crippen LogP contribution in [0.15, 0.2) is 42.0 Å². The minimum absolute atomic E-state index is 0.0596. The summed E-state index contributed by atoms with van der Waals surface area (Å²) in [4.78, 5) is 20.8. The molecule has 3 aromatic rings. The highest BCUT2D eigenvalue weighted by Crippen LogP contribution is 2.24. The summed E-state index contributed by atoms with van der Waals surface area (Å²) in [6, 6.07) is 7.79. The summed E-state index contributed by atoms with van der Waals surface area (Å²) in [6.45, 7) is 2.16. The Morgan fingerprint density at radius 2 is 2.00 bits per heavy atom. The third-order valence-corrected chi connectivity index (χ3v) is 3.90. The van der Waals surface area contributed by atoms with Crippen LogP contribution in [0, 0.1) is 0 Å². The molecule has 0 unspecified atom stereocenters. The van der Waals surface area contributed by atoms with Crippen molar-refractivity contribution < 1.29 is 4.79 Å². The molecule has 1 aromatic carbocycles. The lowest BCUT2D eigenvalue weighted by molar-refractivity contribution is -0.114. The van der Waals surface area contributed by atoms with E-state index in [1.807, 2.05) is 29.6 Å². The maximum Gasteiger partial charge on any atom is 0.221 e. The number of amides is 1. The smallest absolute Gasteiger partial charge is 0.221 e. The monoisotopic (exact) mass is 298 g/mol. The normalized spacial score (nSPS) is 10.5. The van der Waals surface area contributed by atoms with Gasteiger partial charge in [0.25, 0.3) is 0 Å². The molecule has 6 heteroatoms. The van der Waals surface area contributed by atoms with E-state index < -0.39 is 0 Å². The van der Waals surface area contributed by atoms with Gasteiger partial charge in [0.15, 0.2) is 0 Å². The van der Waals surface area contributed by atoms with Gasteiger partial charge >= 0.3 is 0 Å². The van der Waals surface area contributed by atoms with Gasteiger partial charge in [-0.3, -0.25) is 14.8 Å². The van der Waals surface area contributed by atoms with Gasteiger partial charge < -0.3 is 10.6 Å². The van der Waals surface area contributed by atoms with Crippen molar-refractivity contribution in [2.45, 2.75) is 13.5 Å². The van der Waals surface area contributed by atoms with Gasteiger partial charge in [0.05, 0.1) is 23.3 Å². The molecule has 0 bridgehead atoms. The van der Waals surface area contributed by atoms with Crippen LogP contribution in [0.25, 0.3) is 11.0 Å². The third kappa shape index (κ3) is 3.17. The fourth-order valence-electron chi connectivity index (χ4n) is 2.03. The lowest BCUT2D eigenvalue weighted by Gasteiger charge is -2.08. The summed E-state index contributed by atoms with van der Waals surface area (Å²) in [5.41, 5.74) is 3.57. The first kappa shape index (κ1) is 13.5. The lowest BCUT2D eigenvalue weighted by atomic mass is 10.2. The number of thiophene rings is 1. The number of aromatic nitrogens is 2. The minimum atomic E-state index is -0.0596. The Hall–Kier alpha value is -2.47. The summed E-state index contributed by atoms with van der Waals surface area (Å²) in [6.07, 6.45) is 3.36. The highest BCUT2D eigenvalue weighted by molar-refractivity contribution is 7.10. The van der Waals surface area contributed by atoms with Crippen molar-refractivity contribution >= 4 is 39.7 Å². The van der Waals surface area contributed by atoms with Crippen LogP contribution >= 0.6 is 11.3 Å². The predicted octanol–water partition coefficient (Wildman–Crippen LogP) is 3.26. The fourth-order valence-corrected chi connectivity index (χ4v) is 2.80. The van der Waals surface area contributed by atoms with E-state index in [-0.39, 0.29) is 5.91 Å². The molecule has 0 saturated heterocycles. The number of benzene rings is 1. The summed E-state index contributed by atoms with van der Waals surface area (Å²) in [5.74, 6) is -0.0596. The van der Waals surface area contributed by atoms with Gasteiger partial charge in [-0.25, -0.2) is 0 Å². The average Bonchev–Trinajstić information content (AvgIpc) is 2.91. The number of nitrogens with zero attached hydrogens (tertiary/aromatic N) is 2. The molecule has 1 amide bonds. The van der Waals surface area contributed by atoms with E-state index in [9.17, 15) is 4.79 Å². The van der Waals surface area contributed by atoms with Gasteiger partial charge in [0, 0.05) is 29.9 Å². The minimum Gasteiger partial charge on any atom is -0.380 e. The van der Waals surface area contributed by atoms with Crippen molar-refractivity contribution in [1.82, 2.24) is 9.97 Å². The van der Waals surface area contributed by atoms with Crippen LogP contribution in [0.4, 0.5) is 11.4 Å². The van der Waals surface area contributed by atoms with Crippen molar-refractivity contribution in [3.05, 3.63) is 46.9 Å². The maximum absolute atomic E-state index is 11.1. The number of carbonyl (C=O) groups excluding carboxylic acids is 1. The first-order valence-electron chi connectivity index (χ1n) is 6.51. The molecule has 3 rings (SSSR count). The van der Waals surface area contributed by atoms with Gasteiger partial charge in [-0.2, -0.15) is 0 Å². The first-order valence-corrected chi connectivity index (χ1v) is 7.39. The highest BCUT2D eigenvalue weighted by Gasteiger charge is 2.06. The zero-order valence-corrected chi connectivity index (χ0v) is 12.3. The first-order chi connectivity index (χ1) is 10.2. The van der Waals surface area contributed by atoms with E-state index in [0.717, 1.165) is 27.3 Å². The standard InChI is InChI=1S/C15H14N4OS/c1-10(20)19-13-4-7-21-15(13)9-18-11-2-3-12-14(8-11)17-6-5-16-12/h2-8,18H,9H2,1H3,(H,19,20). The molecule has 0 saturated carbocycles. The zero-order valence-electron chi connectivity index (χ0n) is 11.5. The molecule has 0 spiro atoms. The second-order valence-electron chi connectivity index (χ2n) is 4.55. The van der Waals surface area contributed by atoms with E-state index in [1.54, 1.807) is 23.7 Å². The Morgan fingerprint density at radius 3 is 2.81 bits per heavy atom. The van der Waals surface area contributed by atoms with E-state index in [0.29, 0.717) is 6.54 Å². The summed E-state index contributed by atoms with van der Waals surface area (Å²) >= 11 is 1.61. The number of fused-ring (bicyclic) bond motifs is 1. The molecule has 2 heterocycles. The molecule has 0 fully saturated rings. The molecule has 2 aromatic heterocycles. The molecular weight excluding hydrogens is 284 g/mol. The quantitative estimate of drug-likeness (QED) is 0.776. The Labute approximate surface area is 126 Å². The van der Waals surface area contributed by atoms with Crippen molar-refractivity contribution in [3.8, 4) is 0 Å². The van der Waals surface area contributed by atoms with Gasteiger partial charge in [0.1, 0.15) is 0 Å².